The molecule has 0 bridgehead atoms. The summed E-state index contributed by atoms with van der Waals surface area (Å²) in [4.78, 5) is 20.2. The first-order valence-corrected chi connectivity index (χ1v) is 6.95. The third-order valence-electron chi connectivity index (χ3n) is 3.02. The van der Waals surface area contributed by atoms with Gasteiger partial charge in [-0.05, 0) is 0 Å². The fraction of sp³-hybridized carbons (Fsp3) is 0.833. The zero-order valence-electron chi connectivity index (χ0n) is 13.2. The summed E-state index contributed by atoms with van der Waals surface area (Å²) in [5.41, 5.74) is 0. The fourth-order valence-electron chi connectivity index (χ4n) is 1.33. The molecular formula is C12H24O14. The van der Waals surface area contributed by atoms with Crippen molar-refractivity contribution >= 4 is 11.9 Å². The highest BCUT2D eigenvalue weighted by molar-refractivity contribution is 5.73. The molecule has 0 amide bonds. The van der Waals surface area contributed by atoms with Crippen LogP contribution in [0.4, 0.5) is 0 Å². The predicted molar refractivity (Wildman–Crippen MR) is 77.5 cm³/mol. The Morgan fingerprint density at radius 2 is 0.846 bits per heavy atom. The lowest BCUT2D eigenvalue weighted by Crippen LogP contribution is -2.51. The summed E-state index contributed by atoms with van der Waals surface area (Å²) in [6, 6.07) is 0. The van der Waals surface area contributed by atoms with Gasteiger partial charge in [0.25, 0.3) is 0 Å². The van der Waals surface area contributed by atoms with E-state index in [-0.39, 0.29) is 0 Å². The molecule has 1 unspecified atom stereocenters. The highest BCUT2D eigenvalue weighted by atomic mass is 16.4. The van der Waals surface area contributed by atoms with Gasteiger partial charge in [-0.2, -0.15) is 0 Å². The SMILES string of the molecule is O=C(O)[C@@H](O)[C@@H](O)[C@H](O)CO.O=C(O)[C@H](O)[C@@H](O)[C@H](O)[C@H](O)C(O)CO. The summed E-state index contributed by atoms with van der Waals surface area (Å²) in [6.45, 7) is -1.68. The van der Waals surface area contributed by atoms with E-state index >= 15 is 0 Å². The van der Waals surface area contributed by atoms with Gasteiger partial charge in [-0.25, -0.2) is 9.59 Å². The minimum atomic E-state index is -2.29. The Balaban J connectivity index is 0. The summed E-state index contributed by atoms with van der Waals surface area (Å²) in [5.74, 6) is -3.43. The van der Waals surface area contributed by atoms with Crippen LogP contribution in [0.3, 0.4) is 0 Å². The maximum atomic E-state index is 10.2. The van der Waals surface area contributed by atoms with E-state index in [0.717, 1.165) is 0 Å². The van der Waals surface area contributed by atoms with Crippen LogP contribution in [0.15, 0.2) is 0 Å². The van der Waals surface area contributed by atoms with E-state index in [2.05, 4.69) is 0 Å². The lowest BCUT2D eigenvalue weighted by atomic mass is 9.99. The first-order valence-electron chi connectivity index (χ1n) is 6.95. The highest BCUT2D eigenvalue weighted by Gasteiger charge is 2.37. The molecule has 0 aliphatic rings. The van der Waals surface area contributed by atoms with Crippen molar-refractivity contribution in [1.29, 1.82) is 0 Å². The molecule has 12 N–H and O–H groups in total. The van der Waals surface area contributed by atoms with Crippen LogP contribution in [-0.4, -0.2) is 135 Å². The molecule has 0 aromatic carbocycles. The standard InChI is InChI=1S/C7H14O8.C5H10O6/c8-1-2(9)3(10)4(11)5(12)6(13)7(14)15;6-1-2(7)3(8)4(9)5(10)11/h2-6,8-13H,1H2,(H,14,15);2-4,6-9H,1H2,(H,10,11)/t2?,3-,4-,5+,6-;2-,3+,4+/m11/s1. The molecule has 0 spiro atoms. The second-order valence-corrected chi connectivity index (χ2v) is 5.03. The summed E-state index contributed by atoms with van der Waals surface area (Å²) in [5, 5.41) is 104. The Labute approximate surface area is 146 Å². The Morgan fingerprint density at radius 1 is 0.538 bits per heavy atom. The highest BCUT2D eigenvalue weighted by Crippen LogP contribution is 2.08. The third kappa shape index (κ3) is 8.77. The Bertz CT molecular complexity index is 417. The topological polar surface area (TPSA) is 277 Å². The Morgan fingerprint density at radius 3 is 1.15 bits per heavy atom. The van der Waals surface area contributed by atoms with Crippen LogP contribution in [0.5, 0.6) is 0 Å². The van der Waals surface area contributed by atoms with Gasteiger partial charge < -0.3 is 61.3 Å². The van der Waals surface area contributed by atoms with Gasteiger partial charge >= 0.3 is 11.9 Å². The predicted octanol–water partition coefficient (Wildman–Crippen LogP) is -6.99. The third-order valence-corrected chi connectivity index (χ3v) is 3.02. The average molecular weight is 392 g/mol. The summed E-state index contributed by atoms with van der Waals surface area (Å²) < 4.78 is 0. The van der Waals surface area contributed by atoms with Crippen LogP contribution in [0.1, 0.15) is 0 Å². The fourth-order valence-corrected chi connectivity index (χ4v) is 1.33. The van der Waals surface area contributed by atoms with E-state index in [4.69, 9.17) is 61.3 Å². The van der Waals surface area contributed by atoms with Crippen molar-refractivity contribution in [3.8, 4) is 0 Å². The van der Waals surface area contributed by atoms with Gasteiger partial charge in [0.2, 0.25) is 0 Å². The zero-order chi connectivity index (χ0) is 21.2. The molecule has 0 aliphatic carbocycles. The van der Waals surface area contributed by atoms with Crippen LogP contribution >= 0.6 is 0 Å². The van der Waals surface area contributed by atoms with Gasteiger partial charge in [-0.3, -0.25) is 0 Å². The first kappa shape index (κ1) is 26.8. The molecule has 14 nitrogen and oxygen atoms in total. The number of carboxylic acids is 2. The molecule has 0 saturated carbocycles. The number of aliphatic hydroxyl groups excluding tert-OH is 10. The molecular weight excluding hydrogens is 368 g/mol. The number of carboxylic acid groups (broad SMARTS) is 2. The molecule has 0 saturated heterocycles. The van der Waals surface area contributed by atoms with Crippen molar-refractivity contribution in [2.24, 2.45) is 0 Å². The molecule has 156 valence electrons. The molecule has 0 heterocycles. The number of rotatable bonds is 10. The van der Waals surface area contributed by atoms with Crippen molar-refractivity contribution in [3.05, 3.63) is 0 Å². The van der Waals surface area contributed by atoms with E-state index < -0.39 is 74.0 Å². The largest absolute Gasteiger partial charge is 0.479 e. The molecule has 0 fully saturated rings. The quantitative estimate of drug-likeness (QED) is 0.165. The molecule has 0 aromatic heterocycles. The van der Waals surface area contributed by atoms with Crippen LogP contribution in [-0.2, 0) is 9.59 Å². The minimum Gasteiger partial charge on any atom is -0.479 e. The lowest BCUT2D eigenvalue weighted by molar-refractivity contribution is -0.169. The molecule has 0 rings (SSSR count). The van der Waals surface area contributed by atoms with Gasteiger partial charge in [-0.15, -0.1) is 0 Å². The molecule has 0 aliphatic heterocycles. The normalized spacial score (nSPS) is 20.4. The van der Waals surface area contributed by atoms with Crippen LogP contribution in [0.25, 0.3) is 0 Å². The van der Waals surface area contributed by atoms with E-state index in [1.54, 1.807) is 0 Å². The lowest BCUT2D eigenvalue weighted by Gasteiger charge is -2.26. The molecule has 26 heavy (non-hydrogen) atoms. The van der Waals surface area contributed by atoms with Crippen molar-refractivity contribution < 1.29 is 70.9 Å². The maximum Gasteiger partial charge on any atom is 0.335 e. The van der Waals surface area contributed by atoms with Gasteiger partial charge in [0.05, 0.1) is 13.2 Å². The van der Waals surface area contributed by atoms with Crippen molar-refractivity contribution in [3.63, 3.8) is 0 Å². The van der Waals surface area contributed by atoms with Crippen LogP contribution in [0, 0.1) is 0 Å². The van der Waals surface area contributed by atoms with Gasteiger partial charge in [0.1, 0.15) is 36.6 Å². The monoisotopic (exact) mass is 392 g/mol. The van der Waals surface area contributed by atoms with Crippen molar-refractivity contribution in [2.45, 2.75) is 48.8 Å². The van der Waals surface area contributed by atoms with Crippen molar-refractivity contribution in [2.75, 3.05) is 13.2 Å². The number of hydrogen-bond acceptors (Lipinski definition) is 12. The molecule has 8 atom stereocenters. The smallest absolute Gasteiger partial charge is 0.335 e. The van der Waals surface area contributed by atoms with Crippen LogP contribution < -0.4 is 0 Å². The van der Waals surface area contributed by atoms with Gasteiger partial charge in [0, 0.05) is 0 Å². The summed E-state index contributed by atoms with van der Waals surface area (Å²) in [7, 11) is 0. The van der Waals surface area contributed by atoms with E-state index in [0.29, 0.717) is 0 Å². The molecule has 0 radical (unpaired) electrons. The molecule has 0 aromatic rings. The van der Waals surface area contributed by atoms with Crippen molar-refractivity contribution in [1.82, 2.24) is 0 Å². The minimum absolute atomic E-state index is 0.800. The second kappa shape index (κ2) is 12.8. The summed E-state index contributed by atoms with van der Waals surface area (Å²) >= 11 is 0. The second-order valence-electron chi connectivity index (χ2n) is 5.03. The van der Waals surface area contributed by atoms with Gasteiger partial charge in [0.15, 0.2) is 12.2 Å². The van der Waals surface area contributed by atoms with E-state index in [1.165, 1.54) is 0 Å². The first-order chi connectivity index (χ1) is 11.8. The number of carbonyl (C=O) groups is 2. The average Bonchev–Trinajstić information content (AvgIpc) is 2.62. The van der Waals surface area contributed by atoms with E-state index in [1.807, 2.05) is 0 Å². The van der Waals surface area contributed by atoms with Crippen LogP contribution in [0.2, 0.25) is 0 Å². The number of aliphatic carboxylic acids is 2. The zero-order valence-corrected chi connectivity index (χ0v) is 13.2. The van der Waals surface area contributed by atoms with Gasteiger partial charge in [-0.1, -0.05) is 0 Å². The van der Waals surface area contributed by atoms with E-state index in [9.17, 15) is 9.59 Å². The number of hydrogen-bond donors (Lipinski definition) is 12. The molecule has 14 heteroatoms. The Hall–Kier alpha value is -1.46. The maximum absolute atomic E-state index is 10.2. The number of aliphatic hydroxyl groups is 10. The summed E-state index contributed by atoms with van der Waals surface area (Å²) in [6.07, 6.45) is -15.8. The Kier molecular flexibility index (Phi) is 13.2.